The minimum absolute atomic E-state index is 0.0158. The number of rotatable bonds is 77. The summed E-state index contributed by atoms with van der Waals surface area (Å²) in [6.07, 6.45) is 88.5. The smallest absolute Gasteiger partial charge is 0.462 e. The highest BCUT2D eigenvalue weighted by Gasteiger charge is 2.30. The van der Waals surface area contributed by atoms with Gasteiger partial charge in [0, 0.05) is 25.7 Å². The minimum atomic E-state index is -5.00. The Labute approximate surface area is 644 Å². The summed E-state index contributed by atoms with van der Waals surface area (Å²) in [6, 6.07) is 0. The lowest BCUT2D eigenvalue weighted by Crippen LogP contribution is -2.30. The number of ether oxygens (including phenoxy) is 4. The van der Waals surface area contributed by atoms with Crippen molar-refractivity contribution in [3.05, 3.63) is 134 Å². The van der Waals surface area contributed by atoms with Gasteiger partial charge in [0.2, 0.25) is 0 Å². The molecular weight excluding hydrogens is 1380 g/mol. The Kier molecular flexibility index (Phi) is 74.8. The second kappa shape index (κ2) is 78.3. The van der Waals surface area contributed by atoms with E-state index in [1.807, 2.05) is 12.2 Å². The fraction of sp³-hybridized carbons (Fsp3) is 0.701. The molecule has 0 spiro atoms. The third-order valence-corrected chi connectivity index (χ3v) is 19.0. The molecule has 19 heteroatoms. The maximum Gasteiger partial charge on any atom is 0.472 e. The fourth-order valence-electron chi connectivity index (χ4n) is 10.8. The van der Waals surface area contributed by atoms with Gasteiger partial charge in [0.15, 0.2) is 12.2 Å². The van der Waals surface area contributed by atoms with E-state index in [-0.39, 0.29) is 25.7 Å². The molecule has 0 aromatic rings. The first kappa shape index (κ1) is 101. The summed E-state index contributed by atoms with van der Waals surface area (Å²) in [6.45, 7) is 4.63. The topological polar surface area (TPSA) is 237 Å². The average Bonchev–Trinajstić information content (AvgIpc) is 0.905. The molecule has 2 unspecified atom stereocenters. The molecule has 0 amide bonds. The Bertz CT molecular complexity index is 2530. The number of phosphoric ester groups is 2. The number of carbonyl (C=O) groups is 4. The summed E-state index contributed by atoms with van der Waals surface area (Å²) < 4.78 is 68.6. The van der Waals surface area contributed by atoms with Crippen molar-refractivity contribution < 1.29 is 80.2 Å². The van der Waals surface area contributed by atoms with Gasteiger partial charge >= 0.3 is 39.5 Å². The largest absolute Gasteiger partial charge is 0.472 e. The summed E-state index contributed by atoms with van der Waals surface area (Å²) in [5.41, 5.74) is 0. The van der Waals surface area contributed by atoms with E-state index in [0.717, 1.165) is 154 Å². The maximum absolute atomic E-state index is 13.1. The van der Waals surface area contributed by atoms with E-state index in [0.29, 0.717) is 32.1 Å². The van der Waals surface area contributed by atoms with Gasteiger partial charge in [-0.2, -0.15) is 0 Å². The molecule has 0 aliphatic carbocycles. The molecular formula is C87H148O17P2. The van der Waals surface area contributed by atoms with Gasteiger partial charge in [0.05, 0.1) is 26.4 Å². The van der Waals surface area contributed by atoms with E-state index in [2.05, 4.69) is 149 Å². The number of hydrogen-bond acceptors (Lipinski definition) is 15. The first-order chi connectivity index (χ1) is 51.7. The highest BCUT2D eigenvalue weighted by Crippen LogP contribution is 2.45. The van der Waals surface area contributed by atoms with Crippen LogP contribution < -0.4 is 0 Å². The molecule has 0 aromatic heterocycles. The van der Waals surface area contributed by atoms with Crippen molar-refractivity contribution >= 4 is 39.5 Å². The van der Waals surface area contributed by atoms with Crippen LogP contribution in [0.5, 0.6) is 0 Å². The van der Waals surface area contributed by atoms with Crippen molar-refractivity contribution in [2.24, 2.45) is 0 Å². The number of unbranched alkanes of at least 4 members (excludes halogenated alkanes) is 29. The normalized spacial score (nSPS) is 14.5. The molecule has 0 rings (SSSR count). The van der Waals surface area contributed by atoms with E-state index < -0.39 is 97.5 Å². The molecule has 5 atom stereocenters. The first-order valence-corrected chi connectivity index (χ1v) is 44.4. The highest BCUT2D eigenvalue weighted by atomic mass is 31.2. The highest BCUT2D eigenvalue weighted by molar-refractivity contribution is 7.47. The summed E-state index contributed by atoms with van der Waals surface area (Å²) in [5, 5.41) is 10.7. The molecule has 0 radical (unpaired) electrons. The van der Waals surface area contributed by atoms with E-state index in [4.69, 9.17) is 37.0 Å². The van der Waals surface area contributed by atoms with Crippen LogP contribution in [0, 0.1) is 0 Å². The summed E-state index contributed by atoms with van der Waals surface area (Å²) in [5.74, 6) is -2.29. The summed E-state index contributed by atoms with van der Waals surface area (Å²) >= 11 is 0. The second-order valence-electron chi connectivity index (χ2n) is 27.3. The minimum Gasteiger partial charge on any atom is -0.462 e. The molecule has 0 bridgehead atoms. The number of phosphoric acid groups is 2. The molecule has 0 saturated heterocycles. The summed E-state index contributed by atoms with van der Waals surface area (Å²) in [4.78, 5) is 73.1. The Hall–Kier alpha value is -4.80. The van der Waals surface area contributed by atoms with E-state index in [9.17, 15) is 43.2 Å². The SMILES string of the molecule is CC/C=C\C/C=C\C/C=C\C/C=C\C/C=C\CCCCCC(=O)OC[C@H](COP(=O)(O)OC[C@@H](O)COP(=O)(O)OC[C@@H](COC(=O)CCCCCCCCC/C=C\CCCCCC)OC(=O)CCC/C=C\C/C=C\C/C=C\C/C=C\CCCCC)OC(=O)CCCCCCC/C=C\CCCCCCCC. The monoisotopic (exact) mass is 1530 g/mol. The predicted molar refractivity (Wildman–Crippen MR) is 436 cm³/mol. The molecule has 0 aliphatic rings. The van der Waals surface area contributed by atoms with Crippen LogP contribution in [0.3, 0.4) is 0 Å². The Morgan fingerprint density at radius 1 is 0.274 bits per heavy atom. The standard InChI is InChI=1S/C87H148O17P2/c1-5-9-13-17-21-25-29-33-37-39-40-42-45-48-52-56-60-64-68-72-85(90)98-78-82(103-86(91)73-69-65-61-57-53-49-44-36-32-28-24-20-16-12-8-4)79-101-105(93,94)99-75-81(88)76-100-106(95,96)102-80-83(77-97-84(89)71-67-63-59-55-51-47-43-35-31-27-23-19-15-11-7-3)104-87(92)74-70-66-62-58-54-50-46-41-38-34-30-26-22-18-14-10-6-2/h9,13,21-22,25-27,31,33-34,36-38,40,42,44,46,48,50,52,58,62,81-83,88H,5-8,10-12,14-20,23-24,28-30,32,35,39,41,43,45,47,49,51,53-57,59-61,63-80H2,1-4H3,(H,93,94)(H,95,96)/b13-9-,25-21-,26-22-,31-27-,37-33-,38-34-,42-40-,44-36-,50-46-,52-48-,62-58-/t81-,82-,83-/m1/s1. The van der Waals surface area contributed by atoms with Gasteiger partial charge in [-0.1, -0.05) is 283 Å². The number of hydrogen-bond donors (Lipinski definition) is 3. The summed E-state index contributed by atoms with van der Waals surface area (Å²) in [7, 11) is -10.00. The first-order valence-electron chi connectivity index (χ1n) is 41.4. The zero-order valence-corrected chi connectivity index (χ0v) is 68.4. The average molecular weight is 1530 g/mol. The molecule has 3 N–H and O–H groups in total. The van der Waals surface area contributed by atoms with Crippen LogP contribution in [0.15, 0.2) is 134 Å². The van der Waals surface area contributed by atoms with Crippen LogP contribution in [0.4, 0.5) is 0 Å². The van der Waals surface area contributed by atoms with Gasteiger partial charge in [-0.25, -0.2) is 9.13 Å². The number of aliphatic hydroxyl groups excluding tert-OH is 1. The third-order valence-electron chi connectivity index (χ3n) is 17.1. The van der Waals surface area contributed by atoms with Crippen molar-refractivity contribution in [3.8, 4) is 0 Å². The zero-order chi connectivity index (χ0) is 77.4. The fourth-order valence-corrected chi connectivity index (χ4v) is 12.3. The predicted octanol–water partition coefficient (Wildman–Crippen LogP) is 24.4. The lowest BCUT2D eigenvalue weighted by molar-refractivity contribution is -0.161. The Morgan fingerprint density at radius 3 is 0.840 bits per heavy atom. The Morgan fingerprint density at radius 2 is 0.500 bits per heavy atom. The van der Waals surface area contributed by atoms with Crippen LogP contribution in [0.25, 0.3) is 0 Å². The van der Waals surface area contributed by atoms with Crippen LogP contribution in [-0.2, 0) is 65.4 Å². The van der Waals surface area contributed by atoms with Gasteiger partial charge < -0.3 is 33.8 Å². The zero-order valence-electron chi connectivity index (χ0n) is 66.6. The van der Waals surface area contributed by atoms with Crippen molar-refractivity contribution in [2.45, 2.75) is 354 Å². The number of allylic oxidation sites excluding steroid dienone is 22. The van der Waals surface area contributed by atoms with Crippen molar-refractivity contribution in [1.29, 1.82) is 0 Å². The molecule has 0 aliphatic heterocycles. The van der Waals surface area contributed by atoms with Gasteiger partial charge in [0.25, 0.3) is 0 Å². The quantitative estimate of drug-likeness (QED) is 0.0169. The molecule has 608 valence electrons. The molecule has 17 nitrogen and oxygen atoms in total. The molecule has 0 aromatic carbocycles. The van der Waals surface area contributed by atoms with Gasteiger partial charge in [-0.15, -0.1) is 0 Å². The number of carbonyl (C=O) groups excluding carboxylic acids is 4. The molecule has 0 heterocycles. The van der Waals surface area contributed by atoms with E-state index >= 15 is 0 Å². The second-order valence-corrected chi connectivity index (χ2v) is 30.2. The number of esters is 4. The van der Waals surface area contributed by atoms with Gasteiger partial charge in [-0.3, -0.25) is 37.3 Å². The number of aliphatic hydroxyl groups is 1. The van der Waals surface area contributed by atoms with Gasteiger partial charge in [0.1, 0.15) is 19.3 Å². The van der Waals surface area contributed by atoms with Crippen LogP contribution in [-0.4, -0.2) is 96.7 Å². The third kappa shape index (κ3) is 77.4. The van der Waals surface area contributed by atoms with Crippen molar-refractivity contribution in [1.82, 2.24) is 0 Å². The van der Waals surface area contributed by atoms with E-state index in [1.54, 1.807) is 0 Å². The van der Waals surface area contributed by atoms with Crippen LogP contribution in [0.1, 0.15) is 336 Å². The van der Waals surface area contributed by atoms with Crippen molar-refractivity contribution in [3.63, 3.8) is 0 Å². The van der Waals surface area contributed by atoms with Crippen LogP contribution >= 0.6 is 15.6 Å². The molecule has 0 fully saturated rings. The Balaban J connectivity index is 5.45. The lowest BCUT2D eigenvalue weighted by Gasteiger charge is -2.21. The van der Waals surface area contributed by atoms with Crippen LogP contribution in [0.2, 0.25) is 0 Å². The molecule has 0 saturated carbocycles. The molecule has 106 heavy (non-hydrogen) atoms. The van der Waals surface area contributed by atoms with Crippen molar-refractivity contribution in [2.75, 3.05) is 39.6 Å². The lowest BCUT2D eigenvalue weighted by atomic mass is 10.1. The van der Waals surface area contributed by atoms with E-state index in [1.165, 1.54) is 96.3 Å². The van der Waals surface area contributed by atoms with Gasteiger partial charge in [-0.05, 0) is 161 Å². The maximum atomic E-state index is 13.1.